The van der Waals surface area contributed by atoms with Crippen molar-refractivity contribution in [2.24, 2.45) is 0 Å². The molecule has 1 rings (SSSR count). The van der Waals surface area contributed by atoms with E-state index in [1.54, 1.807) is 12.1 Å². The molecule has 0 unspecified atom stereocenters. The Kier molecular flexibility index (Phi) is 4.07. The number of carboxylic acids is 1. The maximum absolute atomic E-state index is 13.0. The van der Waals surface area contributed by atoms with Crippen molar-refractivity contribution in [1.29, 1.82) is 0 Å². The van der Waals surface area contributed by atoms with Crippen molar-refractivity contribution in [2.45, 2.75) is 19.3 Å². The predicted octanol–water partition coefficient (Wildman–Crippen LogP) is 3.00. The minimum absolute atomic E-state index is 0.123. The summed E-state index contributed by atoms with van der Waals surface area (Å²) >= 11 is 3.05. The molecular weight excluding hydrogens is 251 g/mol. The van der Waals surface area contributed by atoms with Crippen LogP contribution >= 0.6 is 15.9 Å². The van der Waals surface area contributed by atoms with Crippen molar-refractivity contribution in [3.05, 3.63) is 34.1 Å². The van der Waals surface area contributed by atoms with Crippen LogP contribution in [0, 0.1) is 5.82 Å². The largest absolute Gasteiger partial charge is 0.481 e. The highest BCUT2D eigenvalue weighted by molar-refractivity contribution is 9.10. The van der Waals surface area contributed by atoms with Crippen molar-refractivity contribution in [3.63, 3.8) is 0 Å². The highest BCUT2D eigenvalue weighted by Crippen LogP contribution is 2.17. The van der Waals surface area contributed by atoms with E-state index in [0.29, 0.717) is 17.3 Å². The van der Waals surface area contributed by atoms with E-state index < -0.39 is 5.97 Å². The van der Waals surface area contributed by atoms with Gasteiger partial charge in [0.2, 0.25) is 0 Å². The van der Waals surface area contributed by atoms with E-state index in [1.807, 2.05) is 0 Å². The van der Waals surface area contributed by atoms with Crippen molar-refractivity contribution >= 4 is 21.9 Å². The number of halogens is 2. The smallest absolute Gasteiger partial charge is 0.303 e. The van der Waals surface area contributed by atoms with Gasteiger partial charge >= 0.3 is 5.97 Å². The number of aryl methyl sites for hydroxylation is 1. The van der Waals surface area contributed by atoms with Crippen molar-refractivity contribution < 1.29 is 14.3 Å². The summed E-state index contributed by atoms with van der Waals surface area (Å²) in [4.78, 5) is 10.2. The van der Waals surface area contributed by atoms with Crippen LogP contribution in [0.3, 0.4) is 0 Å². The van der Waals surface area contributed by atoms with Crippen LogP contribution in [-0.4, -0.2) is 11.1 Å². The molecule has 0 heterocycles. The average molecular weight is 261 g/mol. The Morgan fingerprint density at radius 3 is 2.79 bits per heavy atom. The first-order chi connectivity index (χ1) is 6.59. The van der Waals surface area contributed by atoms with E-state index in [2.05, 4.69) is 15.9 Å². The fourth-order valence-electron chi connectivity index (χ4n) is 1.14. The summed E-state index contributed by atoms with van der Waals surface area (Å²) in [6, 6.07) is 4.84. The second-order valence-corrected chi connectivity index (χ2v) is 3.85. The maximum atomic E-state index is 13.0. The molecule has 0 aliphatic rings. The van der Waals surface area contributed by atoms with Gasteiger partial charge in [-0.05, 0) is 46.5 Å². The predicted molar refractivity (Wildman–Crippen MR) is 54.7 cm³/mol. The van der Waals surface area contributed by atoms with Crippen LogP contribution in [0.15, 0.2) is 22.7 Å². The molecule has 0 fully saturated rings. The Bertz CT molecular complexity index is 339. The van der Waals surface area contributed by atoms with E-state index in [9.17, 15) is 9.18 Å². The topological polar surface area (TPSA) is 37.3 Å². The van der Waals surface area contributed by atoms with Crippen LogP contribution in [0.25, 0.3) is 0 Å². The van der Waals surface area contributed by atoms with Gasteiger partial charge in [-0.3, -0.25) is 4.79 Å². The van der Waals surface area contributed by atoms with Gasteiger partial charge in [0.15, 0.2) is 0 Å². The molecule has 0 aliphatic carbocycles. The summed E-state index contributed by atoms with van der Waals surface area (Å²) < 4.78 is 13.4. The third-order valence-electron chi connectivity index (χ3n) is 1.84. The van der Waals surface area contributed by atoms with E-state index >= 15 is 0 Å². The van der Waals surface area contributed by atoms with Crippen molar-refractivity contribution in [1.82, 2.24) is 0 Å². The van der Waals surface area contributed by atoms with E-state index in [0.717, 1.165) is 5.56 Å². The molecule has 2 nitrogen and oxygen atoms in total. The van der Waals surface area contributed by atoms with E-state index in [4.69, 9.17) is 5.11 Å². The lowest BCUT2D eigenvalue weighted by molar-refractivity contribution is -0.137. The van der Waals surface area contributed by atoms with Gasteiger partial charge in [0.05, 0.1) is 4.47 Å². The Hall–Kier alpha value is -0.900. The lowest BCUT2D eigenvalue weighted by atomic mass is 10.1. The number of hydrogen-bond acceptors (Lipinski definition) is 1. The number of rotatable bonds is 4. The fourth-order valence-corrected chi connectivity index (χ4v) is 1.39. The molecule has 0 bridgehead atoms. The zero-order valence-electron chi connectivity index (χ0n) is 7.46. The summed E-state index contributed by atoms with van der Waals surface area (Å²) in [7, 11) is 0. The first-order valence-electron chi connectivity index (χ1n) is 4.25. The SMILES string of the molecule is O=C(O)CCCc1ccc(Br)c(F)c1. The third-order valence-corrected chi connectivity index (χ3v) is 2.48. The van der Waals surface area contributed by atoms with Gasteiger partial charge in [0.1, 0.15) is 5.82 Å². The quantitative estimate of drug-likeness (QED) is 0.904. The summed E-state index contributed by atoms with van der Waals surface area (Å²) in [6.07, 6.45) is 1.25. The first kappa shape index (κ1) is 11.2. The zero-order chi connectivity index (χ0) is 10.6. The fraction of sp³-hybridized carbons (Fsp3) is 0.300. The molecule has 4 heteroatoms. The molecule has 0 aliphatic heterocycles. The highest BCUT2D eigenvalue weighted by atomic mass is 79.9. The number of benzene rings is 1. The van der Waals surface area contributed by atoms with E-state index in [1.165, 1.54) is 6.07 Å². The average Bonchev–Trinajstić information content (AvgIpc) is 2.10. The number of hydrogen-bond donors (Lipinski definition) is 1. The van der Waals surface area contributed by atoms with Gasteiger partial charge in [0.25, 0.3) is 0 Å². The van der Waals surface area contributed by atoms with Gasteiger partial charge < -0.3 is 5.11 Å². The molecule has 0 spiro atoms. The van der Waals surface area contributed by atoms with Crippen molar-refractivity contribution in [2.75, 3.05) is 0 Å². The molecule has 76 valence electrons. The summed E-state index contributed by atoms with van der Waals surface area (Å²) in [5, 5.41) is 8.41. The molecule has 0 radical (unpaired) electrons. The van der Waals surface area contributed by atoms with Crippen molar-refractivity contribution in [3.8, 4) is 0 Å². The zero-order valence-corrected chi connectivity index (χ0v) is 9.05. The van der Waals surface area contributed by atoms with Crippen LogP contribution in [0.5, 0.6) is 0 Å². The molecular formula is C10H10BrFO2. The minimum atomic E-state index is -0.817. The van der Waals surface area contributed by atoms with Gasteiger partial charge in [-0.15, -0.1) is 0 Å². The summed E-state index contributed by atoms with van der Waals surface area (Å²) in [5.41, 5.74) is 0.826. The molecule has 1 N–H and O–H groups in total. The first-order valence-corrected chi connectivity index (χ1v) is 5.04. The van der Waals surface area contributed by atoms with Gasteiger partial charge in [0, 0.05) is 6.42 Å². The van der Waals surface area contributed by atoms with Crippen LogP contribution < -0.4 is 0 Å². The minimum Gasteiger partial charge on any atom is -0.481 e. The monoisotopic (exact) mass is 260 g/mol. The van der Waals surface area contributed by atoms with Crippen LogP contribution in [0.4, 0.5) is 4.39 Å². The van der Waals surface area contributed by atoms with Crippen LogP contribution in [0.1, 0.15) is 18.4 Å². The second-order valence-electron chi connectivity index (χ2n) is 3.00. The molecule has 0 atom stereocenters. The second kappa shape index (κ2) is 5.10. The van der Waals surface area contributed by atoms with Crippen LogP contribution in [0.2, 0.25) is 0 Å². The Morgan fingerprint density at radius 2 is 2.21 bits per heavy atom. The Balaban J connectivity index is 2.51. The Labute approximate surface area is 89.9 Å². The molecule has 1 aromatic rings. The molecule has 0 saturated carbocycles. The number of aliphatic carboxylic acids is 1. The molecule has 1 aromatic carbocycles. The molecule has 0 saturated heterocycles. The standard InChI is InChI=1S/C10H10BrFO2/c11-8-5-4-7(6-9(8)12)2-1-3-10(13)14/h4-6H,1-3H2,(H,13,14). The summed E-state index contributed by atoms with van der Waals surface area (Å²) in [5.74, 6) is -1.12. The molecule has 0 amide bonds. The highest BCUT2D eigenvalue weighted by Gasteiger charge is 2.02. The summed E-state index contributed by atoms with van der Waals surface area (Å²) in [6.45, 7) is 0. The molecule has 14 heavy (non-hydrogen) atoms. The molecule has 0 aromatic heterocycles. The number of carbonyl (C=O) groups is 1. The van der Waals surface area contributed by atoms with Gasteiger partial charge in [-0.2, -0.15) is 0 Å². The lowest BCUT2D eigenvalue weighted by Crippen LogP contribution is -1.96. The third kappa shape index (κ3) is 3.46. The normalized spacial score (nSPS) is 10.1. The lowest BCUT2D eigenvalue weighted by Gasteiger charge is -2.01. The van der Waals surface area contributed by atoms with E-state index in [-0.39, 0.29) is 12.2 Å². The number of carboxylic acid groups (broad SMARTS) is 1. The van der Waals surface area contributed by atoms with Gasteiger partial charge in [-0.1, -0.05) is 6.07 Å². The Morgan fingerprint density at radius 1 is 1.50 bits per heavy atom. The van der Waals surface area contributed by atoms with Gasteiger partial charge in [-0.25, -0.2) is 4.39 Å². The maximum Gasteiger partial charge on any atom is 0.303 e. The van der Waals surface area contributed by atoms with Crippen LogP contribution in [-0.2, 0) is 11.2 Å².